The van der Waals surface area contributed by atoms with E-state index in [1.54, 1.807) is 22.4 Å². The molecule has 1 amide bonds. The highest BCUT2D eigenvalue weighted by atomic mass is 32.2. The molecule has 0 bridgehead atoms. The summed E-state index contributed by atoms with van der Waals surface area (Å²) < 4.78 is 32.5. The fourth-order valence-electron chi connectivity index (χ4n) is 2.30. The van der Waals surface area contributed by atoms with Crippen LogP contribution in [0.2, 0.25) is 0 Å². The summed E-state index contributed by atoms with van der Waals surface area (Å²) in [5, 5.41) is 1.72. The minimum atomic E-state index is -3.50. The molecule has 8 heteroatoms. The standard InChI is InChI=1S/C14H22N2O4S2/c1-14(2,3)20-13(17)16-8-4-6-11(16)10-15-22(18,19)12-7-5-9-21-12/h5,7,9,11,15H,4,6,8,10H2,1-3H3/t11-/m0/s1. The van der Waals surface area contributed by atoms with Gasteiger partial charge in [0.1, 0.15) is 9.81 Å². The van der Waals surface area contributed by atoms with Gasteiger partial charge < -0.3 is 9.64 Å². The second-order valence-corrected chi connectivity index (χ2v) is 9.20. The molecule has 1 aliphatic heterocycles. The molecule has 0 saturated carbocycles. The number of likely N-dealkylation sites (tertiary alicyclic amines) is 1. The zero-order chi connectivity index (χ0) is 16.4. The molecule has 1 aromatic heterocycles. The maximum absolute atomic E-state index is 12.2. The van der Waals surface area contributed by atoms with Crippen LogP contribution in [0.15, 0.2) is 21.7 Å². The molecule has 22 heavy (non-hydrogen) atoms. The zero-order valence-electron chi connectivity index (χ0n) is 13.0. The first kappa shape index (κ1) is 17.2. The summed E-state index contributed by atoms with van der Waals surface area (Å²) in [6.07, 6.45) is 1.24. The van der Waals surface area contributed by atoms with Crippen molar-refractivity contribution in [2.24, 2.45) is 0 Å². The topological polar surface area (TPSA) is 75.7 Å². The molecule has 2 heterocycles. The van der Waals surface area contributed by atoms with Crippen LogP contribution in [-0.4, -0.2) is 44.1 Å². The molecule has 0 radical (unpaired) electrons. The van der Waals surface area contributed by atoms with E-state index in [-0.39, 0.29) is 22.9 Å². The summed E-state index contributed by atoms with van der Waals surface area (Å²) in [4.78, 5) is 13.8. The van der Waals surface area contributed by atoms with Gasteiger partial charge in [0.05, 0.1) is 0 Å². The third-order valence-electron chi connectivity index (χ3n) is 3.27. The fourth-order valence-corrected chi connectivity index (χ4v) is 4.41. The molecule has 0 spiro atoms. The van der Waals surface area contributed by atoms with Crippen LogP contribution in [0.25, 0.3) is 0 Å². The lowest BCUT2D eigenvalue weighted by atomic mass is 10.2. The molecule has 1 aromatic rings. The van der Waals surface area contributed by atoms with E-state index < -0.39 is 15.6 Å². The maximum Gasteiger partial charge on any atom is 0.410 e. The Kier molecular flexibility index (Phi) is 5.14. The number of carbonyl (C=O) groups excluding carboxylic acids is 1. The third kappa shape index (κ3) is 4.44. The molecule has 1 aliphatic rings. The number of nitrogens with zero attached hydrogens (tertiary/aromatic N) is 1. The molecule has 1 saturated heterocycles. The summed E-state index contributed by atoms with van der Waals surface area (Å²) in [6, 6.07) is 3.10. The molecular formula is C14H22N2O4S2. The first-order chi connectivity index (χ1) is 10.2. The average Bonchev–Trinajstić information content (AvgIpc) is 3.06. The molecule has 0 aromatic carbocycles. The largest absolute Gasteiger partial charge is 0.444 e. The second-order valence-electron chi connectivity index (χ2n) is 6.25. The van der Waals surface area contributed by atoms with E-state index in [1.807, 2.05) is 20.8 Å². The van der Waals surface area contributed by atoms with Crippen LogP contribution in [0.5, 0.6) is 0 Å². The third-order valence-corrected chi connectivity index (χ3v) is 6.10. The Morgan fingerprint density at radius 3 is 2.82 bits per heavy atom. The van der Waals surface area contributed by atoms with E-state index in [0.29, 0.717) is 6.54 Å². The van der Waals surface area contributed by atoms with Crippen molar-refractivity contribution < 1.29 is 17.9 Å². The number of rotatable bonds is 4. The van der Waals surface area contributed by atoms with Crippen LogP contribution in [0, 0.1) is 0 Å². The second kappa shape index (κ2) is 6.55. The van der Waals surface area contributed by atoms with Gasteiger partial charge in [-0.3, -0.25) is 0 Å². The molecule has 6 nitrogen and oxygen atoms in total. The first-order valence-electron chi connectivity index (χ1n) is 7.22. The molecule has 0 unspecified atom stereocenters. The van der Waals surface area contributed by atoms with Gasteiger partial charge in [0.25, 0.3) is 0 Å². The Morgan fingerprint density at radius 2 is 2.23 bits per heavy atom. The van der Waals surface area contributed by atoms with Crippen molar-refractivity contribution in [2.45, 2.75) is 49.5 Å². The van der Waals surface area contributed by atoms with Crippen LogP contribution < -0.4 is 4.72 Å². The first-order valence-corrected chi connectivity index (χ1v) is 9.58. The van der Waals surface area contributed by atoms with Gasteiger partial charge in [-0.1, -0.05) is 6.07 Å². The number of thiophene rings is 1. The Balaban J connectivity index is 1.96. The highest BCUT2D eigenvalue weighted by molar-refractivity contribution is 7.91. The summed E-state index contributed by atoms with van der Waals surface area (Å²) in [6.45, 7) is 6.25. The number of sulfonamides is 1. The van der Waals surface area contributed by atoms with Crippen LogP contribution >= 0.6 is 11.3 Å². The van der Waals surface area contributed by atoms with Crippen molar-refractivity contribution in [3.8, 4) is 0 Å². The van der Waals surface area contributed by atoms with Crippen LogP contribution in [0.1, 0.15) is 33.6 Å². The minimum absolute atomic E-state index is 0.162. The van der Waals surface area contributed by atoms with Gasteiger partial charge in [-0.15, -0.1) is 11.3 Å². The molecule has 0 aliphatic carbocycles. The quantitative estimate of drug-likeness (QED) is 0.908. The van der Waals surface area contributed by atoms with Crippen molar-refractivity contribution in [3.63, 3.8) is 0 Å². The van der Waals surface area contributed by atoms with Crippen molar-refractivity contribution >= 4 is 27.5 Å². The van der Waals surface area contributed by atoms with Crippen LogP contribution in [-0.2, 0) is 14.8 Å². The maximum atomic E-state index is 12.2. The van der Waals surface area contributed by atoms with E-state index in [0.717, 1.165) is 12.8 Å². The number of hydrogen-bond donors (Lipinski definition) is 1. The van der Waals surface area contributed by atoms with Gasteiger partial charge in [0.2, 0.25) is 10.0 Å². The van der Waals surface area contributed by atoms with Gasteiger partial charge in [-0.2, -0.15) is 0 Å². The monoisotopic (exact) mass is 346 g/mol. The number of carbonyl (C=O) groups is 1. The highest BCUT2D eigenvalue weighted by Crippen LogP contribution is 2.21. The molecule has 124 valence electrons. The van der Waals surface area contributed by atoms with Crippen molar-refractivity contribution in [1.82, 2.24) is 9.62 Å². The summed E-state index contributed by atoms with van der Waals surface area (Å²) in [7, 11) is -3.50. The predicted octanol–water partition coefficient (Wildman–Crippen LogP) is 2.43. The van der Waals surface area contributed by atoms with Gasteiger partial charge in [-0.05, 0) is 45.1 Å². The van der Waals surface area contributed by atoms with Gasteiger partial charge in [0, 0.05) is 19.1 Å². The fraction of sp³-hybridized carbons (Fsp3) is 0.643. The SMILES string of the molecule is CC(C)(C)OC(=O)N1CCC[C@H]1CNS(=O)(=O)c1cccs1. The van der Waals surface area contributed by atoms with Crippen LogP contribution in [0.3, 0.4) is 0 Å². The lowest BCUT2D eigenvalue weighted by Crippen LogP contribution is -2.45. The molecule has 1 fully saturated rings. The molecule has 2 rings (SSSR count). The normalized spacial score (nSPS) is 19.4. The van der Waals surface area contributed by atoms with E-state index in [1.165, 1.54) is 11.3 Å². The average molecular weight is 346 g/mol. The molecule has 1 atom stereocenters. The van der Waals surface area contributed by atoms with Crippen molar-refractivity contribution in [1.29, 1.82) is 0 Å². The summed E-state index contributed by atoms with van der Waals surface area (Å²) in [5.74, 6) is 0. The van der Waals surface area contributed by atoms with Gasteiger partial charge >= 0.3 is 6.09 Å². The zero-order valence-corrected chi connectivity index (χ0v) is 14.7. The van der Waals surface area contributed by atoms with Crippen LogP contribution in [0.4, 0.5) is 4.79 Å². The summed E-state index contributed by atoms with van der Waals surface area (Å²) >= 11 is 1.17. The van der Waals surface area contributed by atoms with Gasteiger partial charge in [0.15, 0.2) is 0 Å². The van der Waals surface area contributed by atoms with E-state index >= 15 is 0 Å². The summed E-state index contributed by atoms with van der Waals surface area (Å²) in [5.41, 5.74) is -0.555. The van der Waals surface area contributed by atoms with E-state index in [4.69, 9.17) is 4.74 Å². The van der Waals surface area contributed by atoms with Crippen molar-refractivity contribution in [2.75, 3.05) is 13.1 Å². The van der Waals surface area contributed by atoms with E-state index in [9.17, 15) is 13.2 Å². The Bertz CT molecular complexity index is 605. The lowest BCUT2D eigenvalue weighted by Gasteiger charge is -2.28. The Labute approximate surface area is 135 Å². The highest BCUT2D eigenvalue weighted by Gasteiger charge is 2.33. The Morgan fingerprint density at radius 1 is 1.50 bits per heavy atom. The number of amides is 1. The predicted molar refractivity (Wildman–Crippen MR) is 85.5 cm³/mol. The van der Waals surface area contributed by atoms with Crippen molar-refractivity contribution in [3.05, 3.63) is 17.5 Å². The molecular weight excluding hydrogens is 324 g/mol. The Hall–Kier alpha value is -1.12. The van der Waals surface area contributed by atoms with E-state index in [2.05, 4.69) is 4.72 Å². The smallest absolute Gasteiger partial charge is 0.410 e. The lowest BCUT2D eigenvalue weighted by molar-refractivity contribution is 0.0229. The number of ether oxygens (including phenoxy) is 1. The minimum Gasteiger partial charge on any atom is -0.444 e. The number of nitrogens with one attached hydrogen (secondary N) is 1. The number of hydrogen-bond acceptors (Lipinski definition) is 5. The van der Waals surface area contributed by atoms with Gasteiger partial charge in [-0.25, -0.2) is 17.9 Å². The molecule has 1 N–H and O–H groups in total.